The Bertz CT molecular complexity index is 631. The Morgan fingerprint density at radius 3 is 2.27 bits per heavy atom. The van der Waals surface area contributed by atoms with E-state index in [0.29, 0.717) is 28.9 Å². The van der Waals surface area contributed by atoms with Crippen LogP contribution in [0.1, 0.15) is 42.5 Å². The molecule has 1 aromatic carbocycles. The van der Waals surface area contributed by atoms with Crippen molar-refractivity contribution in [1.29, 1.82) is 0 Å². The van der Waals surface area contributed by atoms with Crippen LogP contribution in [0.2, 0.25) is 0 Å². The second kappa shape index (κ2) is 5.18. The molecule has 122 valence electrons. The van der Waals surface area contributed by atoms with Gasteiger partial charge in [-0.05, 0) is 64.2 Å². The molecule has 0 spiro atoms. The summed E-state index contributed by atoms with van der Waals surface area (Å²) < 4.78 is 47.9. The molecule has 0 atom stereocenters. The molecule has 1 aliphatic heterocycles. The minimum Gasteiger partial charge on any atom is -0.487 e. The van der Waals surface area contributed by atoms with Gasteiger partial charge in [0.25, 0.3) is 0 Å². The SMILES string of the molecule is Cc1c(C)c2c(c(C)c1OC(=O)C(F)(F)F)CCC(C)(C)O2. The number of esters is 1. The quantitative estimate of drug-likeness (QED) is 0.576. The molecule has 0 saturated carbocycles. The van der Waals surface area contributed by atoms with Crippen LogP contribution in [0, 0.1) is 20.8 Å². The van der Waals surface area contributed by atoms with Gasteiger partial charge in [-0.1, -0.05) is 0 Å². The molecule has 1 aromatic rings. The van der Waals surface area contributed by atoms with Crippen molar-refractivity contribution in [2.75, 3.05) is 0 Å². The molecular formula is C16H19F3O3. The molecule has 0 aliphatic carbocycles. The Balaban J connectivity index is 2.51. The first-order valence-electron chi connectivity index (χ1n) is 7.04. The van der Waals surface area contributed by atoms with Crippen molar-refractivity contribution >= 4 is 5.97 Å². The normalized spacial score (nSPS) is 16.7. The standard InChI is InChI=1S/C16H19F3O3/c1-8-9(2)13-11(6-7-15(4,5)22-13)10(3)12(8)21-14(20)16(17,18)19/h6-7H2,1-5H3. The first-order valence-corrected chi connectivity index (χ1v) is 7.04. The molecule has 0 amide bonds. The summed E-state index contributed by atoms with van der Waals surface area (Å²) in [4.78, 5) is 11.1. The smallest absolute Gasteiger partial charge is 0.487 e. The zero-order valence-corrected chi connectivity index (χ0v) is 13.3. The van der Waals surface area contributed by atoms with Crippen molar-refractivity contribution in [2.24, 2.45) is 0 Å². The van der Waals surface area contributed by atoms with Crippen molar-refractivity contribution in [2.45, 2.75) is 59.2 Å². The van der Waals surface area contributed by atoms with E-state index in [9.17, 15) is 18.0 Å². The van der Waals surface area contributed by atoms with Crippen molar-refractivity contribution in [1.82, 2.24) is 0 Å². The van der Waals surface area contributed by atoms with Gasteiger partial charge in [0.15, 0.2) is 0 Å². The summed E-state index contributed by atoms with van der Waals surface area (Å²) in [5.41, 5.74) is 2.23. The number of carbonyl (C=O) groups excluding carboxylic acids is 1. The number of hydrogen-bond acceptors (Lipinski definition) is 3. The minimum atomic E-state index is -5.01. The fraction of sp³-hybridized carbons (Fsp3) is 0.562. The molecule has 1 aliphatic rings. The number of alkyl halides is 3. The Hall–Kier alpha value is -1.72. The van der Waals surface area contributed by atoms with E-state index in [4.69, 9.17) is 4.74 Å². The zero-order valence-electron chi connectivity index (χ0n) is 13.3. The van der Waals surface area contributed by atoms with Gasteiger partial charge in [0.05, 0.1) is 0 Å². The number of carbonyl (C=O) groups is 1. The van der Waals surface area contributed by atoms with E-state index >= 15 is 0 Å². The van der Waals surface area contributed by atoms with Gasteiger partial charge in [0.1, 0.15) is 17.1 Å². The molecule has 1 heterocycles. The highest BCUT2D eigenvalue weighted by atomic mass is 19.4. The number of halogens is 3. The predicted molar refractivity (Wildman–Crippen MR) is 75.4 cm³/mol. The fourth-order valence-corrected chi connectivity index (χ4v) is 2.65. The van der Waals surface area contributed by atoms with Crippen LogP contribution in [0.4, 0.5) is 13.2 Å². The van der Waals surface area contributed by atoms with E-state index in [-0.39, 0.29) is 11.4 Å². The van der Waals surface area contributed by atoms with Crippen LogP contribution in [-0.4, -0.2) is 17.7 Å². The van der Waals surface area contributed by atoms with E-state index in [1.54, 1.807) is 20.8 Å². The van der Waals surface area contributed by atoms with Gasteiger partial charge < -0.3 is 9.47 Å². The molecule has 6 heteroatoms. The number of benzene rings is 1. The summed E-state index contributed by atoms with van der Waals surface area (Å²) in [6.07, 6.45) is -3.59. The lowest BCUT2D eigenvalue weighted by molar-refractivity contribution is -0.189. The highest BCUT2D eigenvalue weighted by Gasteiger charge is 2.42. The molecule has 0 unspecified atom stereocenters. The van der Waals surface area contributed by atoms with Gasteiger partial charge in [-0.15, -0.1) is 0 Å². The third kappa shape index (κ3) is 2.91. The fourth-order valence-electron chi connectivity index (χ4n) is 2.65. The van der Waals surface area contributed by atoms with Crippen LogP contribution in [0.15, 0.2) is 0 Å². The molecule has 0 aromatic heterocycles. The molecule has 0 N–H and O–H groups in total. The maximum atomic E-state index is 12.4. The van der Waals surface area contributed by atoms with Gasteiger partial charge in [0.2, 0.25) is 0 Å². The monoisotopic (exact) mass is 316 g/mol. The Morgan fingerprint density at radius 2 is 1.73 bits per heavy atom. The first-order chi connectivity index (χ1) is 9.94. The molecular weight excluding hydrogens is 297 g/mol. The molecule has 0 saturated heterocycles. The van der Waals surface area contributed by atoms with Crippen molar-refractivity contribution in [3.8, 4) is 11.5 Å². The van der Waals surface area contributed by atoms with Crippen molar-refractivity contribution in [3.05, 3.63) is 22.3 Å². The second-order valence-corrected chi connectivity index (χ2v) is 6.26. The third-order valence-electron chi connectivity index (χ3n) is 4.09. The topological polar surface area (TPSA) is 35.5 Å². The Kier molecular flexibility index (Phi) is 3.92. The van der Waals surface area contributed by atoms with Crippen LogP contribution in [-0.2, 0) is 11.2 Å². The lowest BCUT2D eigenvalue weighted by Crippen LogP contribution is -2.34. The summed E-state index contributed by atoms with van der Waals surface area (Å²) in [5.74, 6) is -1.52. The van der Waals surface area contributed by atoms with Gasteiger partial charge in [-0.3, -0.25) is 0 Å². The zero-order chi connectivity index (χ0) is 16.9. The lowest BCUT2D eigenvalue weighted by atomic mass is 9.88. The number of fused-ring (bicyclic) bond motifs is 1. The van der Waals surface area contributed by atoms with Crippen LogP contribution in [0.5, 0.6) is 11.5 Å². The largest absolute Gasteiger partial charge is 0.491 e. The van der Waals surface area contributed by atoms with Gasteiger partial charge in [0, 0.05) is 5.56 Å². The van der Waals surface area contributed by atoms with Gasteiger partial charge in [-0.2, -0.15) is 13.2 Å². The van der Waals surface area contributed by atoms with E-state index in [0.717, 1.165) is 12.0 Å². The summed E-state index contributed by atoms with van der Waals surface area (Å²) in [6, 6.07) is 0. The second-order valence-electron chi connectivity index (χ2n) is 6.26. The highest BCUT2D eigenvalue weighted by molar-refractivity contribution is 5.79. The third-order valence-corrected chi connectivity index (χ3v) is 4.09. The summed E-state index contributed by atoms with van der Waals surface area (Å²) in [6.45, 7) is 8.99. The maximum absolute atomic E-state index is 12.4. The van der Waals surface area contributed by atoms with E-state index in [1.807, 2.05) is 13.8 Å². The Labute approximate surface area is 127 Å². The molecule has 0 bridgehead atoms. The summed E-state index contributed by atoms with van der Waals surface area (Å²) >= 11 is 0. The van der Waals surface area contributed by atoms with Gasteiger partial charge in [-0.25, -0.2) is 4.79 Å². The lowest BCUT2D eigenvalue weighted by Gasteiger charge is -2.35. The average molecular weight is 316 g/mol. The Morgan fingerprint density at radius 1 is 1.14 bits per heavy atom. The average Bonchev–Trinajstić information content (AvgIpc) is 2.38. The van der Waals surface area contributed by atoms with Crippen LogP contribution < -0.4 is 9.47 Å². The number of ether oxygens (including phenoxy) is 2. The van der Waals surface area contributed by atoms with Crippen LogP contribution in [0.3, 0.4) is 0 Å². The highest BCUT2D eigenvalue weighted by Crippen LogP contribution is 2.43. The molecule has 3 nitrogen and oxygen atoms in total. The van der Waals surface area contributed by atoms with Crippen LogP contribution >= 0.6 is 0 Å². The molecule has 22 heavy (non-hydrogen) atoms. The maximum Gasteiger partial charge on any atom is 0.491 e. The number of hydrogen-bond donors (Lipinski definition) is 0. The summed E-state index contributed by atoms with van der Waals surface area (Å²) in [7, 11) is 0. The summed E-state index contributed by atoms with van der Waals surface area (Å²) in [5, 5.41) is 0. The van der Waals surface area contributed by atoms with E-state index < -0.39 is 12.1 Å². The van der Waals surface area contributed by atoms with E-state index in [1.165, 1.54) is 0 Å². The molecule has 0 fully saturated rings. The molecule has 2 rings (SSSR count). The number of rotatable bonds is 1. The van der Waals surface area contributed by atoms with Crippen molar-refractivity contribution in [3.63, 3.8) is 0 Å². The van der Waals surface area contributed by atoms with Crippen molar-refractivity contribution < 1.29 is 27.4 Å². The first kappa shape index (κ1) is 16.6. The van der Waals surface area contributed by atoms with Crippen LogP contribution in [0.25, 0.3) is 0 Å². The van der Waals surface area contributed by atoms with Gasteiger partial charge >= 0.3 is 12.1 Å². The predicted octanol–water partition coefficient (Wildman–Crippen LogP) is 4.18. The molecule has 0 radical (unpaired) electrons. The minimum absolute atomic E-state index is 0.0121. The van der Waals surface area contributed by atoms with E-state index in [2.05, 4.69) is 4.74 Å².